The molecule has 16 heavy (non-hydrogen) atoms. The molecular formula is C10H11Br2NO3. The Labute approximate surface area is 110 Å². The minimum Gasteiger partial charge on any atom is -0.480 e. The molecule has 88 valence electrons. The molecule has 0 saturated carbocycles. The number of halogens is 2. The van der Waals surface area contributed by atoms with Gasteiger partial charge in [0.2, 0.25) is 0 Å². The molecule has 1 unspecified atom stereocenters. The monoisotopic (exact) mass is 351 g/mol. The molecule has 0 saturated heterocycles. The molecule has 0 aliphatic rings. The fourth-order valence-electron chi connectivity index (χ4n) is 1.16. The van der Waals surface area contributed by atoms with Crippen LogP contribution in [-0.4, -0.2) is 24.3 Å². The summed E-state index contributed by atoms with van der Waals surface area (Å²) in [6.07, 6.45) is 0. The van der Waals surface area contributed by atoms with Crippen molar-refractivity contribution in [3.05, 3.63) is 32.7 Å². The smallest absolute Gasteiger partial charge is 0.329 e. The van der Waals surface area contributed by atoms with Crippen molar-refractivity contribution in [1.82, 2.24) is 0 Å². The summed E-state index contributed by atoms with van der Waals surface area (Å²) in [5, 5.41) is 8.41. The maximum Gasteiger partial charge on any atom is 0.329 e. The van der Waals surface area contributed by atoms with E-state index in [4.69, 9.17) is 15.6 Å². The molecule has 6 heteroatoms. The molecule has 3 N–H and O–H groups in total. The summed E-state index contributed by atoms with van der Waals surface area (Å²) < 4.78 is 6.74. The van der Waals surface area contributed by atoms with E-state index < -0.39 is 5.97 Å². The zero-order chi connectivity index (χ0) is 12.1. The fraction of sp³-hybridized carbons (Fsp3) is 0.300. The minimum absolute atomic E-state index is 0.168. The largest absolute Gasteiger partial charge is 0.480 e. The molecule has 1 rings (SSSR count). The van der Waals surface area contributed by atoms with Gasteiger partial charge < -0.3 is 15.6 Å². The first-order chi connectivity index (χ1) is 7.50. The third-order valence-corrected chi connectivity index (χ3v) is 3.10. The molecule has 1 atom stereocenters. The van der Waals surface area contributed by atoms with Gasteiger partial charge in [-0.1, -0.05) is 31.9 Å². The van der Waals surface area contributed by atoms with E-state index >= 15 is 0 Å². The molecule has 1 aromatic carbocycles. The summed E-state index contributed by atoms with van der Waals surface area (Å²) in [7, 11) is 0. The lowest BCUT2D eigenvalue weighted by Gasteiger charge is -2.13. The number of ether oxygens (including phenoxy) is 1. The summed E-state index contributed by atoms with van der Waals surface area (Å²) >= 11 is 6.72. The van der Waals surface area contributed by atoms with E-state index in [9.17, 15) is 4.79 Å². The van der Waals surface area contributed by atoms with Crippen LogP contribution in [0.5, 0.6) is 0 Å². The average Bonchev–Trinajstić information content (AvgIpc) is 2.21. The predicted octanol–water partition coefficient (Wildman–Crippen LogP) is 2.31. The number of carbonyl (C=O) groups is 1. The SMILES string of the molecule is NC(COCC(=O)O)c1cc(Br)ccc1Br. The maximum atomic E-state index is 10.3. The Morgan fingerprint density at radius 3 is 2.81 bits per heavy atom. The predicted molar refractivity (Wildman–Crippen MR) is 67.2 cm³/mol. The quantitative estimate of drug-likeness (QED) is 0.852. The van der Waals surface area contributed by atoms with E-state index in [1.165, 1.54) is 0 Å². The van der Waals surface area contributed by atoms with Crippen LogP contribution in [0.3, 0.4) is 0 Å². The Hall–Kier alpha value is -0.430. The maximum absolute atomic E-state index is 10.3. The summed E-state index contributed by atoms with van der Waals surface area (Å²) in [5.41, 5.74) is 6.76. The molecule has 4 nitrogen and oxygen atoms in total. The van der Waals surface area contributed by atoms with Crippen molar-refractivity contribution in [2.24, 2.45) is 5.73 Å². The molecule has 0 aromatic heterocycles. The Kier molecular flexibility index (Phi) is 5.40. The lowest BCUT2D eigenvalue weighted by Crippen LogP contribution is -2.20. The second-order valence-electron chi connectivity index (χ2n) is 3.18. The summed E-state index contributed by atoms with van der Waals surface area (Å²) in [5.74, 6) is -1.000. The van der Waals surface area contributed by atoms with Gasteiger partial charge in [0, 0.05) is 8.95 Å². The number of carboxylic acids is 1. The van der Waals surface area contributed by atoms with Crippen molar-refractivity contribution in [3.63, 3.8) is 0 Å². The second kappa shape index (κ2) is 6.34. The van der Waals surface area contributed by atoms with Crippen LogP contribution in [0.25, 0.3) is 0 Å². The number of hydrogen-bond acceptors (Lipinski definition) is 3. The Bertz CT molecular complexity index is 384. The highest BCUT2D eigenvalue weighted by Gasteiger charge is 2.11. The Morgan fingerprint density at radius 1 is 1.50 bits per heavy atom. The van der Waals surface area contributed by atoms with Crippen LogP contribution >= 0.6 is 31.9 Å². The standard InChI is InChI=1S/C10H11Br2NO3/c11-6-1-2-8(12)7(3-6)9(13)4-16-5-10(14)15/h1-3,9H,4-5,13H2,(H,14,15). The van der Waals surface area contributed by atoms with E-state index in [-0.39, 0.29) is 19.3 Å². The molecule has 0 heterocycles. The number of aliphatic carboxylic acids is 1. The summed E-state index contributed by atoms with van der Waals surface area (Å²) in [6, 6.07) is 5.28. The van der Waals surface area contributed by atoms with E-state index in [2.05, 4.69) is 31.9 Å². The van der Waals surface area contributed by atoms with Crippen LogP contribution in [0.4, 0.5) is 0 Å². The zero-order valence-electron chi connectivity index (χ0n) is 8.32. The van der Waals surface area contributed by atoms with E-state index in [0.29, 0.717) is 0 Å². The fourth-order valence-corrected chi connectivity index (χ4v) is 2.08. The molecule has 0 aliphatic heterocycles. The first-order valence-electron chi connectivity index (χ1n) is 4.50. The van der Waals surface area contributed by atoms with Gasteiger partial charge in [-0.3, -0.25) is 0 Å². The lowest BCUT2D eigenvalue weighted by atomic mass is 10.1. The van der Waals surface area contributed by atoms with Crippen molar-refractivity contribution in [2.75, 3.05) is 13.2 Å². The average molecular weight is 353 g/mol. The van der Waals surface area contributed by atoms with Crippen LogP contribution in [0.15, 0.2) is 27.1 Å². The van der Waals surface area contributed by atoms with Crippen molar-refractivity contribution >= 4 is 37.8 Å². The van der Waals surface area contributed by atoms with Crippen LogP contribution in [0, 0.1) is 0 Å². The molecule has 0 radical (unpaired) electrons. The number of hydrogen-bond donors (Lipinski definition) is 2. The topological polar surface area (TPSA) is 72.5 Å². The van der Waals surface area contributed by atoms with Crippen molar-refractivity contribution < 1.29 is 14.6 Å². The zero-order valence-corrected chi connectivity index (χ0v) is 11.5. The van der Waals surface area contributed by atoms with Crippen LogP contribution < -0.4 is 5.73 Å². The summed E-state index contributed by atoms with van der Waals surface area (Å²) in [6.45, 7) is -0.166. The highest BCUT2D eigenvalue weighted by atomic mass is 79.9. The number of benzene rings is 1. The van der Waals surface area contributed by atoms with Gasteiger partial charge in [0.15, 0.2) is 0 Å². The van der Waals surface area contributed by atoms with Crippen molar-refractivity contribution in [2.45, 2.75) is 6.04 Å². The highest BCUT2D eigenvalue weighted by molar-refractivity contribution is 9.11. The molecule has 1 aromatic rings. The van der Waals surface area contributed by atoms with Crippen molar-refractivity contribution in [1.29, 1.82) is 0 Å². The highest BCUT2D eigenvalue weighted by Crippen LogP contribution is 2.25. The molecular weight excluding hydrogens is 342 g/mol. The van der Waals surface area contributed by atoms with E-state index in [0.717, 1.165) is 14.5 Å². The van der Waals surface area contributed by atoms with E-state index in [1.807, 2.05) is 18.2 Å². The molecule has 0 fully saturated rings. The number of carboxylic acid groups (broad SMARTS) is 1. The van der Waals surface area contributed by atoms with Gasteiger partial charge in [0.05, 0.1) is 12.6 Å². The first-order valence-corrected chi connectivity index (χ1v) is 6.09. The van der Waals surface area contributed by atoms with Gasteiger partial charge in [0.25, 0.3) is 0 Å². The van der Waals surface area contributed by atoms with E-state index in [1.54, 1.807) is 0 Å². The van der Waals surface area contributed by atoms with Crippen LogP contribution in [0.2, 0.25) is 0 Å². The van der Waals surface area contributed by atoms with Crippen molar-refractivity contribution in [3.8, 4) is 0 Å². The van der Waals surface area contributed by atoms with Gasteiger partial charge in [0.1, 0.15) is 6.61 Å². The van der Waals surface area contributed by atoms with Gasteiger partial charge in [-0.2, -0.15) is 0 Å². The van der Waals surface area contributed by atoms with Gasteiger partial charge in [-0.05, 0) is 23.8 Å². The molecule has 0 amide bonds. The number of rotatable bonds is 5. The molecule has 0 spiro atoms. The van der Waals surface area contributed by atoms with Gasteiger partial charge in [-0.15, -0.1) is 0 Å². The van der Waals surface area contributed by atoms with Gasteiger partial charge in [-0.25, -0.2) is 4.79 Å². The normalized spacial score (nSPS) is 12.4. The second-order valence-corrected chi connectivity index (χ2v) is 4.95. The third kappa shape index (κ3) is 4.21. The minimum atomic E-state index is -1.000. The Balaban J connectivity index is 2.61. The molecule has 0 aliphatic carbocycles. The Morgan fingerprint density at radius 2 is 2.19 bits per heavy atom. The van der Waals surface area contributed by atoms with Crippen LogP contribution in [-0.2, 0) is 9.53 Å². The first kappa shape index (κ1) is 13.6. The van der Waals surface area contributed by atoms with Gasteiger partial charge >= 0.3 is 5.97 Å². The third-order valence-electron chi connectivity index (χ3n) is 1.88. The van der Waals surface area contributed by atoms with Crippen LogP contribution in [0.1, 0.15) is 11.6 Å². The number of nitrogens with two attached hydrogens (primary N) is 1. The summed E-state index contributed by atoms with van der Waals surface area (Å²) in [4.78, 5) is 10.3. The molecule has 0 bridgehead atoms. The lowest BCUT2D eigenvalue weighted by molar-refractivity contribution is -0.142.